The third-order valence-electron chi connectivity index (χ3n) is 14.6. The number of Topliss-reactive ketones (excluding diaryl/α,β-unsaturated/α-hetero) is 2. The molecular weight excluding hydrogens is 574 g/mol. The van der Waals surface area contributed by atoms with Gasteiger partial charge in [-0.05, 0) is 132 Å². The first-order chi connectivity index (χ1) is 22.6. The molecule has 234 valence electrons. The number of rotatable bonds is 0. The van der Waals surface area contributed by atoms with Gasteiger partial charge in [0.2, 0.25) is 0 Å². The average Bonchev–Trinajstić information content (AvgIpc) is 3.40. The van der Waals surface area contributed by atoms with Gasteiger partial charge in [0.1, 0.15) is 0 Å². The third-order valence-corrected chi connectivity index (χ3v) is 14.6. The molecule has 0 amide bonds. The number of hydrogen-bond donors (Lipinski definition) is 0. The van der Waals surface area contributed by atoms with Crippen molar-refractivity contribution >= 4 is 49.7 Å². The molecule has 3 nitrogen and oxygen atoms in total. The van der Waals surface area contributed by atoms with Gasteiger partial charge in [-0.3, -0.25) is 9.59 Å². The Morgan fingerprint density at radius 1 is 0.553 bits per heavy atom. The lowest BCUT2D eigenvalue weighted by Gasteiger charge is -2.48. The quantitative estimate of drug-likeness (QED) is 0.170. The minimum Gasteiger partial charge on any atom is -0.308 e. The Hall–Kier alpha value is -3.98. The molecule has 0 radical (unpaired) electrons. The zero-order valence-corrected chi connectivity index (χ0v) is 27.9. The van der Waals surface area contributed by atoms with Gasteiger partial charge < -0.3 is 4.40 Å². The summed E-state index contributed by atoms with van der Waals surface area (Å²) in [5.74, 6) is 1.94. The molecule has 2 aromatic heterocycles. The second-order valence-electron chi connectivity index (χ2n) is 16.9. The highest BCUT2D eigenvalue weighted by Crippen LogP contribution is 2.59. The summed E-state index contributed by atoms with van der Waals surface area (Å²) in [4.78, 5) is 28.1. The van der Waals surface area contributed by atoms with E-state index in [4.69, 9.17) is 0 Å². The zero-order valence-electron chi connectivity index (χ0n) is 27.9. The van der Waals surface area contributed by atoms with Crippen LogP contribution in [0.3, 0.4) is 0 Å². The summed E-state index contributed by atoms with van der Waals surface area (Å²) in [6.45, 7) is 9.73. The summed E-state index contributed by atoms with van der Waals surface area (Å²) in [6, 6.07) is 21.0. The topological polar surface area (TPSA) is 38.5 Å². The fourth-order valence-corrected chi connectivity index (χ4v) is 11.4. The van der Waals surface area contributed by atoms with Crippen LogP contribution in [0, 0.1) is 11.8 Å². The van der Waals surface area contributed by atoms with Crippen LogP contribution in [0.2, 0.25) is 0 Å². The van der Waals surface area contributed by atoms with Crippen LogP contribution in [0.4, 0.5) is 0 Å². The molecule has 0 saturated heterocycles. The van der Waals surface area contributed by atoms with Crippen molar-refractivity contribution in [1.29, 1.82) is 0 Å². The van der Waals surface area contributed by atoms with E-state index in [0.29, 0.717) is 23.4 Å². The minimum atomic E-state index is -0.156. The first kappa shape index (κ1) is 27.0. The van der Waals surface area contributed by atoms with E-state index in [2.05, 4.69) is 86.7 Å². The van der Waals surface area contributed by atoms with Gasteiger partial charge in [-0.2, -0.15) is 0 Å². The lowest BCUT2D eigenvalue weighted by Crippen LogP contribution is -2.43. The van der Waals surface area contributed by atoms with Gasteiger partial charge in [0.05, 0.1) is 16.6 Å². The SMILES string of the molecule is CC1(C)c2ccccc2-c2cc3c4cc5c(cc4n4c6cc7c(cc6c(c2C1(C)C)c34)C1CCC(CC1)C7=O)C(=O)C1CCC5CC1. The van der Waals surface area contributed by atoms with Crippen LogP contribution < -0.4 is 0 Å². The van der Waals surface area contributed by atoms with Gasteiger partial charge in [-0.15, -0.1) is 0 Å². The largest absolute Gasteiger partial charge is 0.308 e. The predicted molar refractivity (Wildman–Crippen MR) is 191 cm³/mol. The van der Waals surface area contributed by atoms with Crippen LogP contribution in [0.5, 0.6) is 0 Å². The van der Waals surface area contributed by atoms with Crippen LogP contribution >= 0.6 is 0 Å². The van der Waals surface area contributed by atoms with E-state index in [1.54, 1.807) is 0 Å². The van der Waals surface area contributed by atoms with E-state index < -0.39 is 0 Å². The molecule has 2 saturated carbocycles. The Labute approximate surface area is 275 Å². The Kier molecular flexibility index (Phi) is 4.91. The maximum Gasteiger partial charge on any atom is 0.166 e. The maximum absolute atomic E-state index is 14.1. The standard InChI is InChI=1S/C44H41NO2/c1-43(2)35-8-6-5-7-26(35)30-19-31-29-17-27-22-9-13-24(14-10-22)41(46)32(27)20-36(29)45-37-21-33-28(23-11-15-25(16-12-23)42(33)47)18-34(37)38(40(31)45)39(30)44(43,3)4/h5-8,17-25H,9-16H2,1-4H3. The molecule has 13 rings (SSSR count). The van der Waals surface area contributed by atoms with E-state index >= 15 is 0 Å². The van der Waals surface area contributed by atoms with Crippen molar-refractivity contribution < 1.29 is 9.59 Å². The smallest absolute Gasteiger partial charge is 0.166 e. The molecule has 2 fully saturated rings. The molecule has 0 unspecified atom stereocenters. The number of hydrogen-bond acceptors (Lipinski definition) is 2. The van der Waals surface area contributed by atoms with Crippen LogP contribution in [-0.2, 0) is 10.8 Å². The molecule has 2 heterocycles. The van der Waals surface area contributed by atoms with Gasteiger partial charge in [-0.1, -0.05) is 52.0 Å². The van der Waals surface area contributed by atoms with Crippen LogP contribution in [0.1, 0.15) is 134 Å². The Morgan fingerprint density at radius 2 is 1.09 bits per heavy atom. The first-order valence-corrected chi connectivity index (χ1v) is 18.2. The van der Waals surface area contributed by atoms with Gasteiger partial charge in [0.25, 0.3) is 0 Å². The van der Waals surface area contributed by atoms with Crippen molar-refractivity contribution in [3.8, 4) is 11.1 Å². The molecule has 7 aliphatic carbocycles. The number of aromatic nitrogens is 1. The number of ketones is 2. The normalized spacial score (nSPS) is 26.9. The van der Waals surface area contributed by atoms with Crippen molar-refractivity contribution in [2.45, 2.75) is 102 Å². The van der Waals surface area contributed by atoms with E-state index in [-0.39, 0.29) is 22.7 Å². The molecule has 7 aliphatic rings. The second-order valence-corrected chi connectivity index (χ2v) is 16.9. The van der Waals surface area contributed by atoms with Crippen molar-refractivity contribution in [2.24, 2.45) is 11.8 Å². The molecule has 0 atom stereocenters. The summed E-state index contributed by atoms with van der Waals surface area (Å²) < 4.78 is 2.47. The summed E-state index contributed by atoms with van der Waals surface area (Å²) in [5.41, 5.74) is 13.3. The lowest BCUT2D eigenvalue weighted by molar-refractivity contribution is 0.0891. The lowest BCUT2D eigenvalue weighted by atomic mass is 9.54. The third kappa shape index (κ3) is 3.07. The Bertz CT molecular complexity index is 2420. The minimum absolute atomic E-state index is 0.0936. The molecule has 0 aliphatic heterocycles. The van der Waals surface area contributed by atoms with Gasteiger partial charge in [-0.25, -0.2) is 0 Å². The number of carbonyl (C=O) groups is 2. The summed E-state index contributed by atoms with van der Waals surface area (Å²) >= 11 is 0. The highest BCUT2D eigenvalue weighted by atomic mass is 16.1. The van der Waals surface area contributed by atoms with Crippen LogP contribution in [-0.4, -0.2) is 16.0 Å². The fourth-order valence-electron chi connectivity index (χ4n) is 11.4. The van der Waals surface area contributed by atoms with Crippen LogP contribution in [0.25, 0.3) is 49.2 Å². The Morgan fingerprint density at radius 3 is 1.70 bits per heavy atom. The van der Waals surface area contributed by atoms with Gasteiger partial charge in [0, 0.05) is 49.9 Å². The van der Waals surface area contributed by atoms with Crippen molar-refractivity contribution in [1.82, 2.24) is 4.40 Å². The number of fused-ring (bicyclic) bond motifs is 14. The molecule has 4 aromatic carbocycles. The highest BCUT2D eigenvalue weighted by molar-refractivity contribution is 6.27. The molecular formula is C44H41NO2. The molecule has 6 aromatic rings. The maximum atomic E-state index is 14.1. The highest BCUT2D eigenvalue weighted by Gasteiger charge is 2.48. The number of nitrogens with zero attached hydrogens (tertiary/aromatic N) is 1. The fraction of sp³-hybridized carbons (Fsp3) is 0.409. The molecule has 47 heavy (non-hydrogen) atoms. The van der Waals surface area contributed by atoms with Crippen LogP contribution in [0.15, 0.2) is 54.6 Å². The number of benzene rings is 4. The zero-order chi connectivity index (χ0) is 31.7. The van der Waals surface area contributed by atoms with Gasteiger partial charge in [0.15, 0.2) is 11.6 Å². The summed E-state index contributed by atoms with van der Waals surface area (Å²) in [6.07, 6.45) is 8.52. The van der Waals surface area contributed by atoms with E-state index in [9.17, 15) is 9.59 Å². The second kappa shape index (κ2) is 8.53. The number of carbonyl (C=O) groups excluding carboxylic acids is 2. The molecule has 4 bridgehead atoms. The van der Waals surface area contributed by atoms with Crippen molar-refractivity contribution in [3.63, 3.8) is 0 Å². The van der Waals surface area contributed by atoms with E-state index in [0.717, 1.165) is 73.5 Å². The molecule has 3 heteroatoms. The molecule has 0 spiro atoms. The summed E-state index contributed by atoms with van der Waals surface area (Å²) in [5, 5.41) is 5.18. The van der Waals surface area contributed by atoms with Gasteiger partial charge >= 0.3 is 0 Å². The average molecular weight is 616 g/mol. The van der Waals surface area contributed by atoms with E-state index in [1.165, 1.54) is 60.4 Å². The van der Waals surface area contributed by atoms with E-state index in [1.807, 2.05) is 0 Å². The van der Waals surface area contributed by atoms with Crippen molar-refractivity contribution in [2.75, 3.05) is 0 Å². The summed E-state index contributed by atoms with van der Waals surface area (Å²) in [7, 11) is 0. The first-order valence-electron chi connectivity index (χ1n) is 18.2. The monoisotopic (exact) mass is 615 g/mol. The predicted octanol–water partition coefficient (Wildman–Crippen LogP) is 11.0. The molecule has 0 N–H and O–H groups in total. The Balaban J connectivity index is 1.37. The van der Waals surface area contributed by atoms with Crippen molar-refractivity contribution in [3.05, 3.63) is 88.0 Å².